The average molecular weight is 407 g/mol. The van der Waals surface area contributed by atoms with Gasteiger partial charge in [-0.2, -0.15) is 0 Å². The summed E-state index contributed by atoms with van der Waals surface area (Å²) in [6.07, 6.45) is 0. The molecule has 3 aromatic rings. The molecule has 7 nitrogen and oxygen atoms in total. The molecule has 0 aliphatic rings. The fourth-order valence-electron chi connectivity index (χ4n) is 2.83. The van der Waals surface area contributed by atoms with E-state index in [1.165, 1.54) is 13.2 Å². The van der Waals surface area contributed by atoms with Gasteiger partial charge in [0.15, 0.2) is 0 Å². The van der Waals surface area contributed by atoms with Crippen LogP contribution >= 0.6 is 0 Å². The molecule has 1 amide bonds. The molecule has 1 aromatic heterocycles. The van der Waals surface area contributed by atoms with Crippen molar-refractivity contribution in [2.24, 2.45) is 0 Å². The van der Waals surface area contributed by atoms with Crippen LogP contribution in [-0.4, -0.2) is 31.5 Å². The van der Waals surface area contributed by atoms with E-state index < -0.39 is 11.9 Å². The smallest absolute Gasteiger partial charge is 0.341 e. The predicted octanol–water partition coefficient (Wildman–Crippen LogP) is 3.51. The number of nitrogens with one attached hydrogen (secondary N) is 1. The number of esters is 2. The van der Waals surface area contributed by atoms with Crippen LogP contribution in [0, 0.1) is 6.92 Å². The maximum atomic E-state index is 12.2. The highest BCUT2D eigenvalue weighted by Gasteiger charge is 2.16. The molecule has 0 radical (unpaired) electrons. The Morgan fingerprint density at radius 3 is 2.30 bits per heavy atom. The van der Waals surface area contributed by atoms with Gasteiger partial charge in [-0.25, -0.2) is 4.79 Å². The molecule has 0 aliphatic heterocycles. The monoisotopic (exact) mass is 407 g/mol. The number of benzene rings is 2. The lowest BCUT2D eigenvalue weighted by atomic mass is 10.0. The number of methoxy groups -OCH3 is 1. The molecule has 0 bridgehead atoms. The molecule has 0 spiro atoms. The van der Waals surface area contributed by atoms with Gasteiger partial charge in [0, 0.05) is 5.56 Å². The Kier molecular flexibility index (Phi) is 6.64. The second kappa shape index (κ2) is 9.56. The summed E-state index contributed by atoms with van der Waals surface area (Å²) >= 11 is 0. The van der Waals surface area contributed by atoms with Crippen molar-refractivity contribution in [1.82, 2.24) is 5.32 Å². The van der Waals surface area contributed by atoms with Gasteiger partial charge in [-0.1, -0.05) is 42.5 Å². The molecule has 7 heteroatoms. The summed E-state index contributed by atoms with van der Waals surface area (Å²) in [6, 6.07) is 18.4. The molecule has 2 aromatic carbocycles. The minimum atomic E-state index is -0.627. The van der Waals surface area contributed by atoms with Crippen molar-refractivity contribution >= 4 is 17.8 Å². The van der Waals surface area contributed by atoms with Gasteiger partial charge in [0.2, 0.25) is 0 Å². The van der Waals surface area contributed by atoms with E-state index in [0.29, 0.717) is 17.1 Å². The van der Waals surface area contributed by atoms with Crippen LogP contribution in [0.4, 0.5) is 0 Å². The minimum absolute atomic E-state index is 0.154. The Morgan fingerprint density at radius 2 is 1.63 bits per heavy atom. The molecule has 154 valence electrons. The Hall–Kier alpha value is -3.87. The number of aryl methyl sites for hydroxylation is 1. The van der Waals surface area contributed by atoms with Crippen LogP contribution in [0.1, 0.15) is 32.2 Å². The topological polar surface area (TPSA) is 94.8 Å². The summed E-state index contributed by atoms with van der Waals surface area (Å²) in [4.78, 5) is 35.7. The summed E-state index contributed by atoms with van der Waals surface area (Å²) in [5.41, 5.74) is 2.76. The lowest BCUT2D eigenvalue weighted by molar-refractivity contribution is -0.144. The van der Waals surface area contributed by atoms with Crippen LogP contribution in [-0.2, 0) is 20.9 Å². The Balaban J connectivity index is 1.49. The maximum Gasteiger partial charge on any atom is 0.341 e. The average Bonchev–Trinajstić information content (AvgIpc) is 3.16. The Bertz CT molecular complexity index is 1040. The zero-order valence-corrected chi connectivity index (χ0v) is 16.6. The first-order valence-electron chi connectivity index (χ1n) is 9.25. The highest BCUT2D eigenvalue weighted by molar-refractivity contribution is 5.96. The van der Waals surface area contributed by atoms with Crippen molar-refractivity contribution in [3.63, 3.8) is 0 Å². The molecule has 0 saturated heterocycles. The molecule has 3 rings (SSSR count). The van der Waals surface area contributed by atoms with E-state index in [2.05, 4.69) is 10.1 Å². The van der Waals surface area contributed by atoms with Gasteiger partial charge in [0.25, 0.3) is 5.91 Å². The van der Waals surface area contributed by atoms with E-state index in [0.717, 1.165) is 11.1 Å². The first-order chi connectivity index (χ1) is 14.5. The van der Waals surface area contributed by atoms with E-state index in [1.54, 1.807) is 19.1 Å². The fraction of sp³-hybridized carbons (Fsp3) is 0.174. The minimum Gasteiger partial charge on any atom is -0.465 e. The lowest BCUT2D eigenvalue weighted by Gasteiger charge is -2.07. The third-order valence-electron chi connectivity index (χ3n) is 4.40. The Labute approximate surface area is 173 Å². The van der Waals surface area contributed by atoms with Crippen molar-refractivity contribution in [2.75, 3.05) is 13.7 Å². The van der Waals surface area contributed by atoms with Crippen LogP contribution in [0.5, 0.6) is 0 Å². The molecule has 1 heterocycles. The summed E-state index contributed by atoms with van der Waals surface area (Å²) in [5.74, 6) is -0.852. The van der Waals surface area contributed by atoms with Crippen LogP contribution in [0.25, 0.3) is 11.1 Å². The molecule has 30 heavy (non-hydrogen) atoms. The van der Waals surface area contributed by atoms with Crippen molar-refractivity contribution in [2.45, 2.75) is 13.5 Å². The van der Waals surface area contributed by atoms with Crippen LogP contribution < -0.4 is 5.32 Å². The summed E-state index contributed by atoms with van der Waals surface area (Å²) in [7, 11) is 1.27. The number of hydrogen-bond donors (Lipinski definition) is 1. The third-order valence-corrected chi connectivity index (χ3v) is 4.40. The largest absolute Gasteiger partial charge is 0.465 e. The zero-order valence-electron chi connectivity index (χ0n) is 16.6. The number of furan rings is 1. The molecule has 1 N–H and O–H groups in total. The molecule has 0 unspecified atom stereocenters. The van der Waals surface area contributed by atoms with E-state index in [1.807, 2.05) is 42.5 Å². The van der Waals surface area contributed by atoms with Crippen LogP contribution in [0.15, 0.2) is 65.1 Å². The van der Waals surface area contributed by atoms with Gasteiger partial charge in [-0.3, -0.25) is 9.59 Å². The quantitative estimate of drug-likeness (QED) is 0.602. The van der Waals surface area contributed by atoms with Crippen molar-refractivity contribution in [3.8, 4) is 11.1 Å². The predicted molar refractivity (Wildman–Crippen MR) is 109 cm³/mol. The first-order valence-corrected chi connectivity index (χ1v) is 9.25. The number of amides is 1. The van der Waals surface area contributed by atoms with Crippen molar-refractivity contribution < 1.29 is 28.3 Å². The zero-order chi connectivity index (χ0) is 21.5. The second-order valence-corrected chi connectivity index (χ2v) is 6.46. The van der Waals surface area contributed by atoms with Gasteiger partial charge < -0.3 is 19.2 Å². The second-order valence-electron chi connectivity index (χ2n) is 6.46. The molecule has 0 saturated carbocycles. The summed E-state index contributed by atoms with van der Waals surface area (Å²) in [6.45, 7) is 1.17. The molecular weight excluding hydrogens is 386 g/mol. The van der Waals surface area contributed by atoms with Gasteiger partial charge >= 0.3 is 11.9 Å². The molecule has 0 fully saturated rings. The van der Waals surface area contributed by atoms with Gasteiger partial charge in [0.05, 0.1) is 7.11 Å². The van der Waals surface area contributed by atoms with E-state index in [9.17, 15) is 14.4 Å². The number of carbonyl (C=O) groups excluding carboxylic acids is 3. The normalized spacial score (nSPS) is 10.3. The van der Waals surface area contributed by atoms with Gasteiger partial charge in [-0.05, 0) is 36.2 Å². The summed E-state index contributed by atoms with van der Waals surface area (Å²) < 4.78 is 15.1. The number of rotatable bonds is 7. The maximum absolute atomic E-state index is 12.2. The highest BCUT2D eigenvalue weighted by Crippen LogP contribution is 2.19. The molecule has 0 aliphatic carbocycles. The SMILES string of the molecule is COC(=O)c1cc(COC(=O)CNC(=O)c2ccc(-c3ccccc3)cc2)oc1C. The summed E-state index contributed by atoms with van der Waals surface area (Å²) in [5, 5.41) is 2.52. The van der Waals surface area contributed by atoms with E-state index >= 15 is 0 Å². The number of carbonyl (C=O) groups is 3. The standard InChI is InChI=1S/C23H21NO6/c1-15-20(23(27)28-2)12-19(30-15)14-29-21(25)13-24-22(26)18-10-8-17(9-11-18)16-6-4-3-5-7-16/h3-12H,13-14H2,1-2H3,(H,24,26). The fourth-order valence-corrected chi connectivity index (χ4v) is 2.83. The highest BCUT2D eigenvalue weighted by atomic mass is 16.5. The first kappa shape index (κ1) is 20.9. The van der Waals surface area contributed by atoms with Crippen molar-refractivity contribution in [1.29, 1.82) is 0 Å². The Morgan fingerprint density at radius 1 is 0.967 bits per heavy atom. The van der Waals surface area contributed by atoms with Crippen LogP contribution in [0.3, 0.4) is 0 Å². The molecular formula is C23H21NO6. The van der Waals surface area contributed by atoms with Crippen LogP contribution in [0.2, 0.25) is 0 Å². The number of hydrogen-bond acceptors (Lipinski definition) is 6. The van der Waals surface area contributed by atoms with Crippen molar-refractivity contribution in [3.05, 3.63) is 83.3 Å². The lowest BCUT2D eigenvalue weighted by Crippen LogP contribution is -2.30. The van der Waals surface area contributed by atoms with Gasteiger partial charge in [-0.15, -0.1) is 0 Å². The number of ether oxygens (including phenoxy) is 2. The third kappa shape index (κ3) is 5.14. The van der Waals surface area contributed by atoms with Gasteiger partial charge in [0.1, 0.15) is 30.2 Å². The van der Waals surface area contributed by atoms with E-state index in [4.69, 9.17) is 9.15 Å². The molecule has 0 atom stereocenters. The van der Waals surface area contributed by atoms with E-state index in [-0.39, 0.29) is 24.6 Å².